The Hall–Kier alpha value is -2.31. The molecule has 0 bridgehead atoms. The fraction of sp³-hybridized carbons (Fsp3) is 0.533. The zero-order valence-corrected chi connectivity index (χ0v) is 13.1. The maximum atomic E-state index is 12.0. The smallest absolute Gasteiger partial charge is 0.410 e. The molecule has 0 saturated heterocycles. The molecule has 2 aliphatic heterocycles. The van der Waals surface area contributed by atoms with Crippen LogP contribution in [0, 0.1) is 10.1 Å². The van der Waals surface area contributed by atoms with Crippen molar-refractivity contribution in [2.75, 3.05) is 19.6 Å². The van der Waals surface area contributed by atoms with E-state index in [1.165, 1.54) is 6.08 Å². The van der Waals surface area contributed by atoms with Gasteiger partial charge in [-0.15, -0.1) is 0 Å². The molecule has 0 aromatic heterocycles. The molecular formula is C15H21N3O4. The van der Waals surface area contributed by atoms with Crippen LogP contribution in [0.1, 0.15) is 27.2 Å². The number of carbonyl (C=O) groups excluding carboxylic acids is 1. The van der Waals surface area contributed by atoms with Crippen LogP contribution < -0.4 is 5.32 Å². The first-order valence-corrected chi connectivity index (χ1v) is 7.23. The fourth-order valence-electron chi connectivity index (χ4n) is 2.28. The van der Waals surface area contributed by atoms with Crippen molar-refractivity contribution in [2.24, 2.45) is 0 Å². The van der Waals surface area contributed by atoms with Gasteiger partial charge in [0.25, 0.3) is 0 Å². The van der Waals surface area contributed by atoms with E-state index in [0.717, 1.165) is 11.1 Å². The molecule has 0 radical (unpaired) electrons. The van der Waals surface area contributed by atoms with Crippen LogP contribution in [-0.4, -0.2) is 41.2 Å². The Morgan fingerprint density at radius 2 is 2.09 bits per heavy atom. The molecule has 2 aliphatic rings. The number of nitro groups is 1. The summed E-state index contributed by atoms with van der Waals surface area (Å²) in [5.74, 6) is 0.00976. The van der Waals surface area contributed by atoms with E-state index in [-0.39, 0.29) is 11.9 Å². The van der Waals surface area contributed by atoms with Crippen LogP contribution >= 0.6 is 0 Å². The van der Waals surface area contributed by atoms with Crippen LogP contribution in [0.3, 0.4) is 0 Å². The van der Waals surface area contributed by atoms with Gasteiger partial charge in [-0.05, 0) is 49.3 Å². The fourth-order valence-corrected chi connectivity index (χ4v) is 2.28. The molecule has 0 unspecified atom stereocenters. The van der Waals surface area contributed by atoms with Crippen molar-refractivity contribution in [1.29, 1.82) is 0 Å². The molecule has 0 spiro atoms. The van der Waals surface area contributed by atoms with Crippen LogP contribution in [-0.2, 0) is 4.74 Å². The second-order valence-corrected chi connectivity index (χ2v) is 6.26. The summed E-state index contributed by atoms with van der Waals surface area (Å²) < 4.78 is 5.34. The maximum Gasteiger partial charge on any atom is 0.410 e. The Kier molecular flexibility index (Phi) is 4.54. The van der Waals surface area contributed by atoms with Gasteiger partial charge in [0.05, 0.1) is 0 Å². The molecule has 0 atom stereocenters. The molecule has 0 aliphatic carbocycles. The molecule has 1 amide bonds. The van der Waals surface area contributed by atoms with E-state index in [0.29, 0.717) is 26.1 Å². The molecule has 2 heterocycles. The monoisotopic (exact) mass is 307 g/mol. The number of nitrogens with one attached hydrogen (secondary N) is 1. The summed E-state index contributed by atoms with van der Waals surface area (Å²) in [5, 5.41) is 13.4. The van der Waals surface area contributed by atoms with Gasteiger partial charge in [-0.3, -0.25) is 5.32 Å². The number of ether oxygens (including phenoxy) is 1. The average molecular weight is 307 g/mol. The standard InChI is InChI=1S/C15H21N3O4/c1-15(2,3)22-14(19)17-8-6-11(7-9-17)12-4-5-13(16-10-12)18(20)21/h4-6,16H,7-10H2,1-3H3. The molecule has 0 fully saturated rings. The van der Waals surface area contributed by atoms with Gasteiger partial charge in [0.1, 0.15) is 12.1 Å². The summed E-state index contributed by atoms with van der Waals surface area (Å²) in [5.41, 5.74) is 1.64. The highest BCUT2D eigenvalue weighted by Gasteiger charge is 2.25. The Morgan fingerprint density at radius 3 is 2.55 bits per heavy atom. The maximum absolute atomic E-state index is 12.0. The van der Waals surface area contributed by atoms with Gasteiger partial charge in [-0.25, -0.2) is 4.79 Å². The third-order valence-corrected chi connectivity index (χ3v) is 3.37. The first-order chi connectivity index (χ1) is 10.3. The van der Waals surface area contributed by atoms with E-state index in [9.17, 15) is 14.9 Å². The topological polar surface area (TPSA) is 84.7 Å². The second-order valence-electron chi connectivity index (χ2n) is 6.26. The lowest BCUT2D eigenvalue weighted by Gasteiger charge is -2.30. The van der Waals surface area contributed by atoms with Gasteiger partial charge in [0.2, 0.25) is 0 Å². The summed E-state index contributed by atoms with van der Waals surface area (Å²) in [7, 11) is 0. The molecule has 0 aromatic carbocycles. The van der Waals surface area contributed by atoms with Crippen LogP contribution in [0.25, 0.3) is 0 Å². The molecule has 7 nitrogen and oxygen atoms in total. The molecule has 1 N–H and O–H groups in total. The zero-order chi connectivity index (χ0) is 16.3. The number of rotatable bonds is 2. The lowest BCUT2D eigenvalue weighted by molar-refractivity contribution is -0.431. The highest BCUT2D eigenvalue weighted by atomic mass is 16.6. The summed E-state index contributed by atoms with van der Waals surface area (Å²) in [6, 6.07) is 0. The van der Waals surface area contributed by atoms with Crippen LogP contribution in [0.15, 0.2) is 35.2 Å². The number of hydrogen-bond donors (Lipinski definition) is 1. The number of allylic oxidation sites excluding steroid dienone is 2. The summed E-state index contributed by atoms with van der Waals surface area (Å²) in [6.45, 7) is 7.04. The lowest BCUT2D eigenvalue weighted by Crippen LogP contribution is -2.39. The lowest BCUT2D eigenvalue weighted by atomic mass is 9.98. The Bertz CT molecular complexity index is 570. The molecule has 22 heavy (non-hydrogen) atoms. The van der Waals surface area contributed by atoms with Gasteiger partial charge in [-0.1, -0.05) is 6.08 Å². The van der Waals surface area contributed by atoms with Gasteiger partial charge in [0, 0.05) is 19.2 Å². The van der Waals surface area contributed by atoms with Gasteiger partial charge < -0.3 is 19.8 Å². The van der Waals surface area contributed by atoms with Crippen LogP contribution in [0.5, 0.6) is 0 Å². The van der Waals surface area contributed by atoms with Crippen molar-refractivity contribution in [3.63, 3.8) is 0 Å². The highest BCUT2D eigenvalue weighted by molar-refractivity contribution is 5.68. The van der Waals surface area contributed by atoms with E-state index >= 15 is 0 Å². The Labute approximate surface area is 129 Å². The number of nitrogens with zero attached hydrogens (tertiary/aromatic N) is 2. The van der Waals surface area contributed by atoms with Crippen molar-refractivity contribution in [3.05, 3.63) is 45.3 Å². The molecule has 2 rings (SSSR count). The Balaban J connectivity index is 1.98. The van der Waals surface area contributed by atoms with Crippen molar-refractivity contribution in [1.82, 2.24) is 10.2 Å². The van der Waals surface area contributed by atoms with Crippen molar-refractivity contribution < 1.29 is 14.5 Å². The number of hydrogen-bond acceptors (Lipinski definition) is 5. The quantitative estimate of drug-likeness (QED) is 0.624. The van der Waals surface area contributed by atoms with E-state index in [1.807, 2.05) is 26.8 Å². The van der Waals surface area contributed by atoms with Crippen LogP contribution in [0.2, 0.25) is 0 Å². The minimum Gasteiger partial charge on any atom is -0.444 e. The normalized spacial score (nSPS) is 18.7. The van der Waals surface area contributed by atoms with E-state index in [4.69, 9.17) is 4.74 Å². The highest BCUT2D eigenvalue weighted by Crippen LogP contribution is 2.22. The molecule has 0 saturated carbocycles. The van der Waals surface area contributed by atoms with Gasteiger partial charge in [0.15, 0.2) is 0 Å². The molecular weight excluding hydrogens is 286 g/mol. The van der Waals surface area contributed by atoms with Gasteiger partial charge >= 0.3 is 11.9 Å². The first-order valence-electron chi connectivity index (χ1n) is 7.23. The Morgan fingerprint density at radius 1 is 1.36 bits per heavy atom. The number of carbonyl (C=O) groups is 1. The second kappa shape index (κ2) is 6.21. The molecule has 120 valence electrons. The average Bonchev–Trinajstić information content (AvgIpc) is 2.46. The van der Waals surface area contributed by atoms with E-state index < -0.39 is 10.5 Å². The number of dihydropyridines is 1. The van der Waals surface area contributed by atoms with E-state index in [2.05, 4.69) is 5.32 Å². The van der Waals surface area contributed by atoms with Crippen molar-refractivity contribution in [2.45, 2.75) is 32.8 Å². The largest absolute Gasteiger partial charge is 0.444 e. The summed E-state index contributed by atoms with van der Waals surface area (Å²) in [6.07, 6.45) is 5.62. The van der Waals surface area contributed by atoms with Gasteiger partial charge in [-0.2, -0.15) is 0 Å². The SMILES string of the molecule is CC(C)(C)OC(=O)N1CC=C(C2=CC=C([N+](=O)[O-])NC2)CC1. The van der Waals surface area contributed by atoms with Crippen molar-refractivity contribution >= 4 is 6.09 Å². The first kappa shape index (κ1) is 16.1. The minimum absolute atomic E-state index is 0.00976. The third kappa shape index (κ3) is 4.09. The molecule has 7 heteroatoms. The van der Waals surface area contributed by atoms with Crippen molar-refractivity contribution in [3.8, 4) is 0 Å². The molecule has 0 aromatic rings. The summed E-state index contributed by atoms with van der Waals surface area (Å²) in [4.78, 5) is 23.8. The summed E-state index contributed by atoms with van der Waals surface area (Å²) >= 11 is 0. The predicted molar refractivity (Wildman–Crippen MR) is 81.7 cm³/mol. The third-order valence-electron chi connectivity index (χ3n) is 3.37. The van der Waals surface area contributed by atoms with Crippen LogP contribution in [0.4, 0.5) is 4.79 Å². The number of amides is 1. The predicted octanol–water partition coefficient (Wildman–Crippen LogP) is 2.20. The zero-order valence-electron chi connectivity index (χ0n) is 13.1. The minimum atomic E-state index is -0.499. The van der Waals surface area contributed by atoms with E-state index in [1.54, 1.807) is 11.0 Å².